The van der Waals surface area contributed by atoms with Crippen LogP contribution < -0.4 is 4.90 Å². The van der Waals surface area contributed by atoms with Gasteiger partial charge in [-0.25, -0.2) is 4.39 Å². The van der Waals surface area contributed by atoms with Crippen LogP contribution in [0.5, 0.6) is 0 Å². The molecule has 1 aliphatic rings. The Hall–Kier alpha value is -3.11. The first-order valence-corrected chi connectivity index (χ1v) is 9.32. The average molecular weight is 418 g/mol. The molecule has 1 fully saturated rings. The molecule has 4 rings (SSSR count). The predicted molar refractivity (Wildman–Crippen MR) is 105 cm³/mol. The summed E-state index contributed by atoms with van der Waals surface area (Å²) in [6, 6.07) is 10.6. The Balaban J connectivity index is 1.39. The Bertz CT molecular complexity index is 1020. The molecule has 0 bridgehead atoms. The fraction of sp³-hybridized carbons (Fsp3) is 0.278. The molecule has 11 heteroatoms. The minimum Gasteiger partial charge on any atom is -0.363 e. The van der Waals surface area contributed by atoms with Crippen molar-refractivity contribution in [1.82, 2.24) is 25.1 Å². The highest BCUT2D eigenvalue weighted by Crippen LogP contribution is 2.31. The lowest BCUT2D eigenvalue weighted by Gasteiger charge is -2.35. The summed E-state index contributed by atoms with van der Waals surface area (Å²) in [6.07, 6.45) is 0. The highest BCUT2D eigenvalue weighted by molar-refractivity contribution is 6.30. The summed E-state index contributed by atoms with van der Waals surface area (Å²) in [5.41, 5.74) is 1.27. The fourth-order valence-electron chi connectivity index (χ4n) is 3.24. The third-order valence-corrected chi connectivity index (χ3v) is 4.96. The maximum absolute atomic E-state index is 13.0. The average Bonchev–Trinajstić information content (AvgIpc) is 3.17. The minimum absolute atomic E-state index is 0.00725. The zero-order valence-corrected chi connectivity index (χ0v) is 16.0. The van der Waals surface area contributed by atoms with Crippen LogP contribution in [0.15, 0.2) is 42.5 Å². The van der Waals surface area contributed by atoms with Crippen molar-refractivity contribution in [2.75, 3.05) is 31.1 Å². The van der Waals surface area contributed by atoms with E-state index in [9.17, 15) is 14.5 Å². The molecule has 2 aromatic carbocycles. The molecule has 0 atom stereocenters. The molecule has 0 aliphatic carbocycles. The standard InChI is InChI=1S/C18H17ClFN7O2/c19-14-3-6-16(17(11-14)27(28)29)25-9-7-24(8-10-25)12-26-22-18(21-23-26)13-1-4-15(20)5-2-13/h1-6,11H,7-10,12H2. The van der Waals surface area contributed by atoms with Gasteiger partial charge in [-0.2, -0.15) is 0 Å². The van der Waals surface area contributed by atoms with E-state index in [4.69, 9.17) is 11.6 Å². The Labute approximate surface area is 170 Å². The Morgan fingerprint density at radius 3 is 2.52 bits per heavy atom. The van der Waals surface area contributed by atoms with Gasteiger partial charge in [-0.15, -0.1) is 15.0 Å². The van der Waals surface area contributed by atoms with E-state index in [1.165, 1.54) is 23.0 Å². The summed E-state index contributed by atoms with van der Waals surface area (Å²) in [7, 11) is 0. The molecule has 0 N–H and O–H groups in total. The van der Waals surface area contributed by atoms with E-state index in [1.807, 2.05) is 4.90 Å². The lowest BCUT2D eigenvalue weighted by molar-refractivity contribution is -0.384. The zero-order valence-electron chi connectivity index (χ0n) is 15.3. The van der Waals surface area contributed by atoms with Crippen LogP contribution in [0.3, 0.4) is 0 Å². The van der Waals surface area contributed by atoms with Gasteiger partial charge in [0, 0.05) is 42.8 Å². The van der Waals surface area contributed by atoms with E-state index in [0.717, 1.165) is 0 Å². The summed E-state index contributed by atoms with van der Waals surface area (Å²) in [5, 5.41) is 24.1. The number of anilines is 1. The van der Waals surface area contributed by atoms with Gasteiger partial charge in [0.25, 0.3) is 5.69 Å². The number of hydrogen-bond donors (Lipinski definition) is 0. The number of rotatable bonds is 5. The van der Waals surface area contributed by atoms with Crippen molar-refractivity contribution in [3.63, 3.8) is 0 Å². The third-order valence-electron chi connectivity index (χ3n) is 4.73. The van der Waals surface area contributed by atoms with Gasteiger partial charge in [-0.3, -0.25) is 15.0 Å². The van der Waals surface area contributed by atoms with Crippen molar-refractivity contribution in [3.8, 4) is 11.4 Å². The Morgan fingerprint density at radius 1 is 1.10 bits per heavy atom. The van der Waals surface area contributed by atoms with Crippen molar-refractivity contribution in [2.45, 2.75) is 6.67 Å². The second kappa shape index (κ2) is 8.10. The van der Waals surface area contributed by atoms with Crippen LogP contribution in [0.25, 0.3) is 11.4 Å². The van der Waals surface area contributed by atoms with E-state index in [1.54, 1.807) is 24.3 Å². The normalized spacial score (nSPS) is 14.9. The van der Waals surface area contributed by atoms with Gasteiger partial charge in [-0.1, -0.05) is 11.6 Å². The summed E-state index contributed by atoms with van der Waals surface area (Å²) in [5.74, 6) is 0.111. The number of nitrogens with zero attached hydrogens (tertiary/aromatic N) is 7. The van der Waals surface area contributed by atoms with E-state index < -0.39 is 4.92 Å². The van der Waals surface area contributed by atoms with Crippen LogP contribution in [0.4, 0.5) is 15.8 Å². The van der Waals surface area contributed by atoms with Crippen LogP contribution in [0.1, 0.15) is 0 Å². The monoisotopic (exact) mass is 417 g/mol. The molecular formula is C18H17ClFN7O2. The molecule has 1 aromatic heterocycles. The predicted octanol–water partition coefficient (Wildman–Crippen LogP) is 2.82. The highest BCUT2D eigenvalue weighted by atomic mass is 35.5. The van der Waals surface area contributed by atoms with Crippen molar-refractivity contribution in [3.05, 3.63) is 63.4 Å². The minimum atomic E-state index is -0.413. The maximum Gasteiger partial charge on any atom is 0.294 e. The third kappa shape index (κ3) is 4.33. The number of benzene rings is 2. The highest BCUT2D eigenvalue weighted by Gasteiger charge is 2.24. The number of halogens is 2. The smallest absolute Gasteiger partial charge is 0.294 e. The Morgan fingerprint density at radius 2 is 1.83 bits per heavy atom. The van der Waals surface area contributed by atoms with E-state index >= 15 is 0 Å². The van der Waals surface area contributed by atoms with Crippen molar-refractivity contribution >= 4 is 23.0 Å². The van der Waals surface area contributed by atoms with E-state index in [2.05, 4.69) is 20.3 Å². The van der Waals surface area contributed by atoms with Crippen molar-refractivity contribution in [2.24, 2.45) is 0 Å². The van der Waals surface area contributed by atoms with Gasteiger partial charge >= 0.3 is 0 Å². The number of hydrogen-bond acceptors (Lipinski definition) is 7. The van der Waals surface area contributed by atoms with E-state index in [-0.39, 0.29) is 11.5 Å². The first-order chi connectivity index (χ1) is 14.0. The number of nitro benzene ring substituents is 1. The van der Waals surface area contributed by atoms with Crippen LogP contribution >= 0.6 is 11.6 Å². The molecule has 9 nitrogen and oxygen atoms in total. The zero-order chi connectivity index (χ0) is 20.4. The van der Waals surface area contributed by atoms with Crippen molar-refractivity contribution < 1.29 is 9.31 Å². The van der Waals surface area contributed by atoms with Crippen molar-refractivity contribution in [1.29, 1.82) is 0 Å². The molecule has 0 radical (unpaired) electrons. The molecule has 29 heavy (non-hydrogen) atoms. The van der Waals surface area contributed by atoms with Crippen LogP contribution in [-0.2, 0) is 6.67 Å². The molecule has 1 saturated heterocycles. The lowest BCUT2D eigenvalue weighted by Crippen LogP contribution is -2.47. The van der Waals surface area contributed by atoms with Gasteiger partial charge in [0.15, 0.2) is 0 Å². The Kier molecular flexibility index (Phi) is 5.36. The van der Waals surface area contributed by atoms with Gasteiger partial charge in [-0.05, 0) is 41.6 Å². The van der Waals surface area contributed by atoms with Gasteiger partial charge < -0.3 is 4.90 Å². The second-order valence-electron chi connectivity index (χ2n) is 6.63. The first-order valence-electron chi connectivity index (χ1n) is 8.94. The lowest BCUT2D eigenvalue weighted by atomic mass is 10.2. The topological polar surface area (TPSA) is 93.2 Å². The number of nitro groups is 1. The molecule has 0 spiro atoms. The quantitative estimate of drug-likeness (QED) is 0.465. The molecule has 2 heterocycles. The van der Waals surface area contributed by atoms with E-state index in [0.29, 0.717) is 54.9 Å². The molecule has 0 unspecified atom stereocenters. The largest absolute Gasteiger partial charge is 0.363 e. The van der Waals surface area contributed by atoms with Crippen LogP contribution in [0, 0.1) is 15.9 Å². The van der Waals surface area contributed by atoms with Crippen LogP contribution in [-0.4, -0.2) is 56.2 Å². The summed E-state index contributed by atoms with van der Waals surface area (Å²) in [4.78, 5) is 16.5. The molecule has 0 amide bonds. The van der Waals surface area contributed by atoms with Gasteiger partial charge in [0.05, 0.1) is 4.92 Å². The first kappa shape index (κ1) is 19.2. The van der Waals surface area contributed by atoms with Gasteiger partial charge in [0.2, 0.25) is 5.82 Å². The fourth-order valence-corrected chi connectivity index (χ4v) is 3.40. The molecule has 150 valence electrons. The molecule has 3 aromatic rings. The molecule has 0 saturated carbocycles. The van der Waals surface area contributed by atoms with Crippen LogP contribution in [0.2, 0.25) is 5.02 Å². The molecule has 1 aliphatic heterocycles. The molecular weight excluding hydrogens is 401 g/mol. The summed E-state index contributed by atoms with van der Waals surface area (Å²) in [6.45, 7) is 3.08. The maximum atomic E-state index is 13.0. The SMILES string of the molecule is O=[N+]([O-])c1cc(Cl)ccc1N1CCN(Cn2nnc(-c3ccc(F)cc3)n2)CC1. The summed E-state index contributed by atoms with van der Waals surface area (Å²) < 4.78 is 13.0. The number of aromatic nitrogens is 4. The number of tetrazole rings is 1. The second-order valence-corrected chi connectivity index (χ2v) is 7.07. The number of piperazine rings is 1. The summed E-state index contributed by atoms with van der Waals surface area (Å²) >= 11 is 5.89. The van der Waals surface area contributed by atoms with Gasteiger partial charge in [0.1, 0.15) is 18.2 Å².